The summed E-state index contributed by atoms with van der Waals surface area (Å²) >= 11 is 0. The lowest BCUT2D eigenvalue weighted by Gasteiger charge is -2.34. The molecule has 3 heteroatoms. The number of hydrogen-bond acceptors (Lipinski definition) is 3. The Morgan fingerprint density at radius 2 is 2.17 bits per heavy atom. The van der Waals surface area contributed by atoms with Crippen molar-refractivity contribution >= 4 is 5.88 Å². The second-order valence-electron chi connectivity index (χ2n) is 3.22. The average Bonchev–Trinajstić information content (AvgIpc) is 2.77. The van der Waals surface area contributed by atoms with E-state index in [2.05, 4.69) is 0 Å². The van der Waals surface area contributed by atoms with Gasteiger partial charge in [-0.2, -0.15) is 0 Å². The van der Waals surface area contributed by atoms with Gasteiger partial charge in [0, 0.05) is 12.1 Å². The highest BCUT2D eigenvalue weighted by Crippen LogP contribution is 2.27. The standard InChI is InChI=1S/C9H12NO2/c11-10(8-4-1-2-5-8)9-6-3-7-12-9/h3,6-8H,1-2,4-5H2/q-1. The SMILES string of the molecule is [O-]N(c1ccco1)C1CCCC1. The van der Waals surface area contributed by atoms with Gasteiger partial charge in [-0.15, -0.1) is 0 Å². The first kappa shape index (κ1) is 7.68. The number of rotatable bonds is 2. The van der Waals surface area contributed by atoms with E-state index in [1.54, 1.807) is 12.1 Å². The lowest BCUT2D eigenvalue weighted by molar-refractivity contribution is 0.532. The molecular weight excluding hydrogens is 154 g/mol. The van der Waals surface area contributed by atoms with E-state index in [4.69, 9.17) is 4.42 Å². The zero-order valence-corrected chi connectivity index (χ0v) is 6.90. The number of hydroxylamine groups is 1. The molecule has 66 valence electrons. The predicted molar refractivity (Wildman–Crippen MR) is 46.8 cm³/mol. The summed E-state index contributed by atoms with van der Waals surface area (Å²) in [6, 6.07) is 3.61. The van der Waals surface area contributed by atoms with Gasteiger partial charge in [-0.05, 0) is 18.9 Å². The lowest BCUT2D eigenvalue weighted by atomic mass is 10.2. The van der Waals surface area contributed by atoms with Crippen molar-refractivity contribution in [3.8, 4) is 0 Å². The fourth-order valence-electron chi connectivity index (χ4n) is 1.71. The topological polar surface area (TPSA) is 39.4 Å². The van der Waals surface area contributed by atoms with Crippen LogP contribution in [0, 0.1) is 5.21 Å². The summed E-state index contributed by atoms with van der Waals surface area (Å²) in [6.45, 7) is 0. The first-order chi connectivity index (χ1) is 5.88. The van der Waals surface area contributed by atoms with Crippen LogP contribution in [-0.2, 0) is 0 Å². The van der Waals surface area contributed by atoms with Crippen molar-refractivity contribution < 1.29 is 4.42 Å². The molecule has 0 aromatic carbocycles. The van der Waals surface area contributed by atoms with Crippen LogP contribution in [0.1, 0.15) is 25.7 Å². The molecule has 12 heavy (non-hydrogen) atoms. The molecule has 2 rings (SSSR count). The van der Waals surface area contributed by atoms with Gasteiger partial charge in [0.1, 0.15) is 0 Å². The second kappa shape index (κ2) is 3.19. The van der Waals surface area contributed by atoms with Crippen LogP contribution in [0.3, 0.4) is 0 Å². The summed E-state index contributed by atoms with van der Waals surface area (Å²) in [7, 11) is 0. The molecule has 0 amide bonds. The summed E-state index contributed by atoms with van der Waals surface area (Å²) in [5.74, 6) is 0.446. The van der Waals surface area contributed by atoms with Gasteiger partial charge in [0.15, 0.2) is 5.88 Å². The largest absolute Gasteiger partial charge is 0.756 e. The molecule has 0 bridgehead atoms. The van der Waals surface area contributed by atoms with Crippen molar-refractivity contribution in [3.63, 3.8) is 0 Å². The van der Waals surface area contributed by atoms with Crippen LogP contribution in [0.15, 0.2) is 22.8 Å². The molecule has 0 radical (unpaired) electrons. The van der Waals surface area contributed by atoms with Crippen LogP contribution in [0.25, 0.3) is 0 Å². The average molecular weight is 166 g/mol. The number of furan rings is 1. The molecule has 0 saturated heterocycles. The Balaban J connectivity index is 2.04. The zero-order valence-electron chi connectivity index (χ0n) is 6.90. The summed E-state index contributed by atoms with van der Waals surface area (Å²) in [5.41, 5.74) is 0. The van der Waals surface area contributed by atoms with Crippen LogP contribution in [0.2, 0.25) is 0 Å². The van der Waals surface area contributed by atoms with Gasteiger partial charge in [-0.3, -0.25) is 0 Å². The van der Waals surface area contributed by atoms with Gasteiger partial charge in [-0.1, -0.05) is 12.8 Å². The minimum Gasteiger partial charge on any atom is -0.756 e. The van der Waals surface area contributed by atoms with Gasteiger partial charge in [0.05, 0.1) is 6.26 Å². The maximum atomic E-state index is 11.5. The van der Waals surface area contributed by atoms with Gasteiger partial charge in [0.25, 0.3) is 0 Å². The third kappa shape index (κ3) is 1.32. The monoisotopic (exact) mass is 166 g/mol. The molecule has 3 nitrogen and oxygen atoms in total. The van der Waals surface area contributed by atoms with Crippen LogP contribution in [-0.4, -0.2) is 6.04 Å². The molecular formula is C9H12NO2-. The van der Waals surface area contributed by atoms with Crippen LogP contribution >= 0.6 is 0 Å². The van der Waals surface area contributed by atoms with E-state index in [0.29, 0.717) is 5.88 Å². The molecule has 0 N–H and O–H groups in total. The first-order valence-electron chi connectivity index (χ1n) is 4.38. The Hall–Kier alpha value is -0.960. The van der Waals surface area contributed by atoms with Gasteiger partial charge in [-0.25, -0.2) is 0 Å². The molecule has 1 aromatic heterocycles. The van der Waals surface area contributed by atoms with Gasteiger partial charge in [0.2, 0.25) is 0 Å². The molecule has 0 spiro atoms. The Labute approximate surface area is 71.6 Å². The van der Waals surface area contributed by atoms with E-state index in [1.165, 1.54) is 19.1 Å². The van der Waals surface area contributed by atoms with Crippen molar-refractivity contribution in [2.75, 3.05) is 5.06 Å². The molecule has 1 aliphatic rings. The Bertz CT molecular complexity index is 227. The molecule has 1 saturated carbocycles. The lowest BCUT2D eigenvalue weighted by Crippen LogP contribution is -2.26. The van der Waals surface area contributed by atoms with Crippen molar-refractivity contribution in [2.45, 2.75) is 31.7 Å². The van der Waals surface area contributed by atoms with E-state index in [9.17, 15) is 5.21 Å². The fraction of sp³-hybridized carbons (Fsp3) is 0.556. The summed E-state index contributed by atoms with van der Waals surface area (Å²) in [5, 5.41) is 12.5. The molecule has 1 aromatic rings. The molecule has 1 heterocycles. The summed E-state index contributed by atoms with van der Waals surface area (Å²) in [6.07, 6.45) is 5.89. The van der Waals surface area contributed by atoms with Crippen molar-refractivity contribution in [3.05, 3.63) is 23.6 Å². The normalized spacial score (nSPS) is 18.4. The molecule has 1 fully saturated rings. The second-order valence-corrected chi connectivity index (χ2v) is 3.22. The minimum atomic E-state index is 0.149. The van der Waals surface area contributed by atoms with Crippen LogP contribution in [0.5, 0.6) is 0 Å². The Morgan fingerprint density at radius 3 is 2.75 bits per heavy atom. The number of nitrogens with zero attached hydrogens (tertiary/aromatic N) is 1. The van der Waals surface area contributed by atoms with E-state index in [0.717, 1.165) is 17.9 Å². The van der Waals surface area contributed by atoms with Crippen molar-refractivity contribution in [1.29, 1.82) is 0 Å². The highest BCUT2D eigenvalue weighted by molar-refractivity contribution is 5.37. The predicted octanol–water partition coefficient (Wildman–Crippen LogP) is 2.53. The molecule has 0 aliphatic heterocycles. The van der Waals surface area contributed by atoms with Crippen LogP contribution in [0.4, 0.5) is 5.88 Å². The molecule has 1 aliphatic carbocycles. The maximum absolute atomic E-state index is 11.5. The van der Waals surface area contributed by atoms with Crippen LogP contribution < -0.4 is 5.06 Å². The molecule has 0 unspecified atom stereocenters. The third-order valence-corrected chi connectivity index (χ3v) is 2.38. The zero-order chi connectivity index (χ0) is 8.39. The fourth-order valence-corrected chi connectivity index (χ4v) is 1.71. The van der Waals surface area contributed by atoms with E-state index in [-0.39, 0.29) is 6.04 Å². The summed E-state index contributed by atoms with van der Waals surface area (Å²) < 4.78 is 5.02. The van der Waals surface area contributed by atoms with Gasteiger partial charge >= 0.3 is 0 Å². The van der Waals surface area contributed by atoms with E-state index >= 15 is 0 Å². The van der Waals surface area contributed by atoms with Crippen molar-refractivity contribution in [2.24, 2.45) is 0 Å². The third-order valence-electron chi connectivity index (χ3n) is 2.38. The molecule has 0 atom stereocenters. The van der Waals surface area contributed by atoms with E-state index in [1.807, 2.05) is 0 Å². The van der Waals surface area contributed by atoms with E-state index < -0.39 is 0 Å². The smallest absolute Gasteiger partial charge is 0.184 e. The van der Waals surface area contributed by atoms with Gasteiger partial charge < -0.3 is 14.7 Å². The minimum absolute atomic E-state index is 0.149. The first-order valence-corrected chi connectivity index (χ1v) is 4.38. The highest BCUT2D eigenvalue weighted by Gasteiger charge is 2.17. The summed E-state index contributed by atoms with van der Waals surface area (Å²) in [4.78, 5) is 0. The van der Waals surface area contributed by atoms with Crippen molar-refractivity contribution in [1.82, 2.24) is 0 Å². The highest BCUT2D eigenvalue weighted by atomic mass is 16.5. The maximum Gasteiger partial charge on any atom is 0.184 e. The Kier molecular flexibility index (Phi) is 2.04. The Morgan fingerprint density at radius 1 is 1.42 bits per heavy atom. The number of anilines is 1. The number of hydrogen-bond donors (Lipinski definition) is 0. The quantitative estimate of drug-likeness (QED) is 0.634.